The normalized spacial score (nSPS) is 9.40. The summed E-state index contributed by atoms with van der Waals surface area (Å²) in [5.41, 5.74) is 4.77. The molecule has 0 saturated heterocycles. The van der Waals surface area contributed by atoms with Gasteiger partial charge in [0.25, 0.3) is 0 Å². The first kappa shape index (κ1) is 22.5. The van der Waals surface area contributed by atoms with Crippen LogP contribution >= 0.6 is 0 Å². The summed E-state index contributed by atoms with van der Waals surface area (Å²) in [7, 11) is 0. The molecule has 0 unspecified atom stereocenters. The van der Waals surface area contributed by atoms with Gasteiger partial charge in [0, 0.05) is 63.6 Å². The second kappa shape index (κ2) is 13.1. The van der Waals surface area contributed by atoms with Crippen LogP contribution in [0.2, 0.25) is 0 Å². The van der Waals surface area contributed by atoms with Crippen LogP contribution in [0.4, 0.5) is 0 Å². The topological polar surface area (TPSA) is 83.5 Å². The second-order valence-corrected chi connectivity index (χ2v) is 1.13. The summed E-state index contributed by atoms with van der Waals surface area (Å²) in [5, 5.41) is 15.9. The number of carboxylic acids is 1. The Hall–Kier alpha value is 1.47. The Kier molecular flexibility index (Phi) is 29.5. The van der Waals surface area contributed by atoms with Crippen molar-refractivity contribution in [2.75, 3.05) is 6.61 Å². The van der Waals surface area contributed by atoms with Gasteiger partial charge in [-0.15, -0.1) is 0 Å². The van der Waals surface area contributed by atoms with Gasteiger partial charge in [0.05, 0.1) is 6.61 Å². The number of hydrogen-bond acceptors (Lipinski definition) is 3. The minimum absolute atomic E-state index is 0. The molecule has 0 aliphatic heterocycles. The molecule has 0 fully saturated rings. The molecule has 0 spiro atoms. The van der Waals surface area contributed by atoms with Gasteiger partial charge < -0.3 is 15.9 Å². The second-order valence-electron chi connectivity index (χ2n) is 1.13. The van der Waals surface area contributed by atoms with Crippen LogP contribution in [-0.4, -0.2) is 28.8 Å². The first-order valence-corrected chi connectivity index (χ1v) is 1.77. The van der Waals surface area contributed by atoms with Gasteiger partial charge in [0.2, 0.25) is 0 Å². The van der Waals surface area contributed by atoms with Crippen LogP contribution in [0.25, 0.3) is 0 Å². The van der Waals surface area contributed by atoms with E-state index in [-0.39, 0.29) is 63.6 Å². The molecule has 0 amide bonds. The molecule has 10 heavy (non-hydrogen) atoms. The fourth-order valence-electron chi connectivity index (χ4n) is 0.0781. The van der Waals surface area contributed by atoms with Crippen LogP contribution < -0.4 is 5.73 Å². The number of aliphatic carboxylic acids is 1. The molecule has 0 bridgehead atoms. The molecule has 0 aromatic heterocycles. The molecule has 7 heteroatoms. The van der Waals surface area contributed by atoms with Crippen LogP contribution in [0.3, 0.4) is 0 Å². The number of rotatable bonds is 2. The summed E-state index contributed by atoms with van der Waals surface area (Å²) in [5.74, 6) is -1.18. The minimum Gasteiger partial charge on any atom is -0.480 e. The molecule has 0 aliphatic rings. The summed E-state index contributed by atoms with van der Waals surface area (Å²) in [6.45, 7) is -0.505. The number of carbonyl (C=O) groups is 1. The van der Waals surface area contributed by atoms with E-state index in [1.165, 1.54) is 0 Å². The Balaban J connectivity index is -0.0000000600. The van der Waals surface area contributed by atoms with E-state index >= 15 is 0 Å². The predicted molar refractivity (Wildman–Crippen MR) is 22.7 cm³/mol. The molecule has 53 valence electrons. The van der Waals surface area contributed by atoms with Crippen molar-refractivity contribution in [1.29, 1.82) is 0 Å². The van der Waals surface area contributed by atoms with Crippen molar-refractivity contribution >= 4 is 5.97 Å². The maximum Gasteiger partial charge on any atom is 0.322 e. The average molecular weight is 311 g/mol. The fraction of sp³-hybridized carbons (Fsp3) is 0.667. The SMILES string of the molecule is N[C@@H](CO)C(=O)O.[Nb].[Ti].[Zn]. The van der Waals surface area contributed by atoms with Crippen LogP contribution in [0.5, 0.6) is 0 Å². The molecular formula is C3H7NNbO3TiZn. The van der Waals surface area contributed by atoms with E-state index in [0.717, 1.165) is 0 Å². The van der Waals surface area contributed by atoms with Gasteiger partial charge in [0.15, 0.2) is 0 Å². The molecular weight excluding hydrogens is 304 g/mol. The molecule has 4 N–H and O–H groups in total. The van der Waals surface area contributed by atoms with Crippen molar-refractivity contribution in [2.24, 2.45) is 5.73 Å². The Morgan fingerprint density at radius 1 is 1.60 bits per heavy atom. The van der Waals surface area contributed by atoms with Crippen molar-refractivity contribution in [3.8, 4) is 0 Å². The Morgan fingerprint density at radius 2 is 1.90 bits per heavy atom. The molecule has 0 aliphatic carbocycles. The first-order valence-electron chi connectivity index (χ1n) is 1.77. The van der Waals surface area contributed by atoms with E-state index in [9.17, 15) is 4.79 Å². The van der Waals surface area contributed by atoms with Gasteiger partial charge in [-0.2, -0.15) is 0 Å². The number of aliphatic hydroxyl groups excluding tert-OH is 1. The quantitative estimate of drug-likeness (QED) is 0.536. The van der Waals surface area contributed by atoms with Crippen molar-refractivity contribution in [3.05, 3.63) is 0 Å². The van der Waals surface area contributed by atoms with E-state index < -0.39 is 18.6 Å². The van der Waals surface area contributed by atoms with Crippen molar-refractivity contribution < 1.29 is 78.6 Å². The van der Waals surface area contributed by atoms with Crippen LogP contribution in [0.1, 0.15) is 0 Å². The molecule has 0 aromatic rings. The molecule has 1 radical (unpaired) electrons. The standard InChI is InChI=1S/C3H7NO3.Nb.Ti.Zn/c4-2(1-5)3(6)7;;;/h2,5H,1,4H2,(H,6,7);;;/t2-;;;/m0.../s1. The molecule has 0 saturated carbocycles. The molecule has 0 heterocycles. The third kappa shape index (κ3) is 12.2. The van der Waals surface area contributed by atoms with E-state index in [2.05, 4.69) is 0 Å². The molecule has 1 atom stereocenters. The minimum atomic E-state index is -1.18. The molecule has 0 aromatic carbocycles. The van der Waals surface area contributed by atoms with Crippen LogP contribution in [-0.2, 0) is 68.4 Å². The summed E-state index contributed by atoms with van der Waals surface area (Å²) in [6, 6.07) is -1.13. The van der Waals surface area contributed by atoms with Gasteiger partial charge in [-0.05, 0) is 0 Å². The zero-order valence-corrected chi connectivity index (χ0v) is 12.0. The van der Waals surface area contributed by atoms with Crippen molar-refractivity contribution in [2.45, 2.75) is 6.04 Å². The number of nitrogens with two attached hydrogens (primary N) is 1. The van der Waals surface area contributed by atoms with E-state index in [4.69, 9.17) is 15.9 Å². The van der Waals surface area contributed by atoms with Gasteiger partial charge in [-0.25, -0.2) is 0 Å². The predicted octanol–water partition coefficient (Wildman–Crippen LogP) is -1.62. The van der Waals surface area contributed by atoms with Gasteiger partial charge >= 0.3 is 5.97 Å². The summed E-state index contributed by atoms with van der Waals surface area (Å²) in [6.07, 6.45) is 0. The zero-order valence-electron chi connectivity index (χ0n) is 5.32. The maximum atomic E-state index is 9.65. The van der Waals surface area contributed by atoms with Crippen LogP contribution in [0.15, 0.2) is 0 Å². The third-order valence-corrected chi connectivity index (χ3v) is 0.514. The zero-order chi connectivity index (χ0) is 5.86. The van der Waals surface area contributed by atoms with Crippen LogP contribution in [0, 0.1) is 0 Å². The van der Waals surface area contributed by atoms with E-state index in [1.54, 1.807) is 0 Å². The maximum absolute atomic E-state index is 9.65. The Bertz CT molecular complexity index is 86.1. The monoisotopic (exact) mass is 310 g/mol. The van der Waals surface area contributed by atoms with Gasteiger partial charge in [-0.3, -0.25) is 4.79 Å². The van der Waals surface area contributed by atoms with Gasteiger partial charge in [-0.1, -0.05) is 0 Å². The first-order chi connectivity index (χ1) is 3.18. The number of aliphatic hydroxyl groups is 1. The smallest absolute Gasteiger partial charge is 0.322 e. The van der Waals surface area contributed by atoms with E-state index in [1.807, 2.05) is 0 Å². The van der Waals surface area contributed by atoms with Crippen molar-refractivity contribution in [3.63, 3.8) is 0 Å². The summed E-state index contributed by atoms with van der Waals surface area (Å²) >= 11 is 0. The Morgan fingerprint density at radius 3 is 1.90 bits per heavy atom. The Labute approximate surface area is 102 Å². The average Bonchev–Trinajstić information content (AvgIpc) is 1.65. The summed E-state index contributed by atoms with van der Waals surface area (Å²) in [4.78, 5) is 9.65. The van der Waals surface area contributed by atoms with Crippen molar-refractivity contribution in [1.82, 2.24) is 0 Å². The largest absolute Gasteiger partial charge is 0.480 e. The third-order valence-electron chi connectivity index (χ3n) is 0.514. The fourth-order valence-corrected chi connectivity index (χ4v) is 0.0781. The summed E-state index contributed by atoms with van der Waals surface area (Å²) < 4.78 is 0. The molecule has 0 rings (SSSR count). The number of hydrogen-bond donors (Lipinski definition) is 3. The van der Waals surface area contributed by atoms with E-state index in [0.29, 0.717) is 0 Å². The molecule has 4 nitrogen and oxygen atoms in total. The number of carboxylic acid groups (broad SMARTS) is 1. The van der Waals surface area contributed by atoms with Gasteiger partial charge in [0.1, 0.15) is 6.04 Å².